The number of hydrogen-bond donors (Lipinski definition) is 1. The van der Waals surface area contributed by atoms with Crippen molar-refractivity contribution < 1.29 is 4.79 Å². The van der Waals surface area contributed by atoms with Gasteiger partial charge in [0.15, 0.2) is 0 Å². The lowest BCUT2D eigenvalue weighted by atomic mass is 9.96. The molecule has 0 aliphatic heterocycles. The maximum absolute atomic E-state index is 12.3. The lowest BCUT2D eigenvalue weighted by molar-refractivity contribution is 0.0945. The predicted octanol–water partition coefficient (Wildman–Crippen LogP) is 2.19. The number of imidazole rings is 1. The Morgan fingerprint density at radius 3 is 2.77 bits per heavy atom. The van der Waals surface area contributed by atoms with Crippen LogP contribution in [0.5, 0.6) is 0 Å². The minimum atomic E-state index is -0.146. The number of benzene rings is 1. The summed E-state index contributed by atoms with van der Waals surface area (Å²) in [5, 5.41) is 3.02. The van der Waals surface area contributed by atoms with Crippen LogP contribution in [0.1, 0.15) is 28.9 Å². The van der Waals surface area contributed by atoms with Crippen molar-refractivity contribution in [3.63, 3.8) is 0 Å². The SMILES string of the molecule is O=C(NCC1(c2ccccc2)CC1)c1cn2cccnc2n1. The molecule has 0 radical (unpaired) electrons. The van der Waals surface area contributed by atoms with Gasteiger partial charge >= 0.3 is 0 Å². The van der Waals surface area contributed by atoms with Gasteiger partial charge < -0.3 is 5.32 Å². The smallest absolute Gasteiger partial charge is 0.271 e. The van der Waals surface area contributed by atoms with Gasteiger partial charge in [-0.3, -0.25) is 9.20 Å². The Balaban J connectivity index is 1.49. The van der Waals surface area contributed by atoms with Gasteiger partial charge in [-0.1, -0.05) is 30.3 Å². The summed E-state index contributed by atoms with van der Waals surface area (Å²) in [5.74, 6) is 0.393. The Hall–Kier alpha value is -2.69. The van der Waals surface area contributed by atoms with E-state index < -0.39 is 0 Å². The molecule has 1 N–H and O–H groups in total. The summed E-state index contributed by atoms with van der Waals surface area (Å²) in [7, 11) is 0. The molecule has 1 fully saturated rings. The third kappa shape index (κ3) is 2.24. The molecule has 0 spiro atoms. The van der Waals surface area contributed by atoms with Crippen LogP contribution in [0.25, 0.3) is 5.78 Å². The first kappa shape index (κ1) is 13.0. The molecule has 3 aromatic rings. The van der Waals surface area contributed by atoms with Crippen LogP contribution >= 0.6 is 0 Å². The maximum atomic E-state index is 12.3. The zero-order chi connectivity index (χ0) is 15.0. The average molecular weight is 292 g/mol. The number of nitrogens with one attached hydrogen (secondary N) is 1. The standard InChI is InChI=1S/C17H16N4O/c22-15(14-11-21-10-4-9-18-16(21)20-14)19-12-17(7-8-17)13-5-2-1-3-6-13/h1-6,9-11H,7-8,12H2,(H,19,22). The van der Waals surface area contributed by atoms with Crippen LogP contribution in [-0.4, -0.2) is 26.8 Å². The first-order valence-electron chi connectivity index (χ1n) is 7.40. The molecule has 0 atom stereocenters. The Morgan fingerprint density at radius 1 is 1.23 bits per heavy atom. The van der Waals surface area contributed by atoms with Crippen LogP contribution in [0.3, 0.4) is 0 Å². The van der Waals surface area contributed by atoms with Gasteiger partial charge in [0.25, 0.3) is 5.91 Å². The Labute approximate surface area is 128 Å². The van der Waals surface area contributed by atoms with Crippen LogP contribution in [0.4, 0.5) is 0 Å². The molecule has 5 nitrogen and oxygen atoms in total. The van der Waals surface area contributed by atoms with E-state index >= 15 is 0 Å². The zero-order valence-corrected chi connectivity index (χ0v) is 12.1. The quantitative estimate of drug-likeness (QED) is 0.802. The van der Waals surface area contributed by atoms with Gasteiger partial charge in [0.1, 0.15) is 5.69 Å². The summed E-state index contributed by atoms with van der Waals surface area (Å²) in [5.41, 5.74) is 1.81. The van der Waals surface area contributed by atoms with E-state index in [0.29, 0.717) is 18.0 Å². The van der Waals surface area contributed by atoms with Crippen molar-refractivity contribution in [1.29, 1.82) is 0 Å². The number of carbonyl (C=O) groups excluding carboxylic acids is 1. The molecule has 1 amide bonds. The average Bonchev–Trinajstić information content (AvgIpc) is 3.24. The summed E-state index contributed by atoms with van der Waals surface area (Å²) in [6.07, 6.45) is 7.44. The molecule has 110 valence electrons. The second-order valence-corrected chi connectivity index (χ2v) is 5.78. The lowest BCUT2D eigenvalue weighted by Crippen LogP contribution is -2.32. The number of fused-ring (bicyclic) bond motifs is 1. The van der Waals surface area contributed by atoms with Crippen molar-refractivity contribution in [3.8, 4) is 0 Å². The monoisotopic (exact) mass is 292 g/mol. The normalized spacial score (nSPS) is 15.6. The number of carbonyl (C=O) groups is 1. The highest BCUT2D eigenvalue weighted by atomic mass is 16.1. The zero-order valence-electron chi connectivity index (χ0n) is 12.1. The maximum Gasteiger partial charge on any atom is 0.271 e. The van der Waals surface area contributed by atoms with Gasteiger partial charge in [0.2, 0.25) is 5.78 Å². The van der Waals surface area contributed by atoms with E-state index in [1.54, 1.807) is 16.8 Å². The topological polar surface area (TPSA) is 59.3 Å². The molecule has 22 heavy (non-hydrogen) atoms. The summed E-state index contributed by atoms with van der Waals surface area (Å²) in [4.78, 5) is 20.7. The van der Waals surface area contributed by atoms with Gasteiger partial charge in [0, 0.05) is 30.6 Å². The van der Waals surface area contributed by atoms with E-state index in [1.165, 1.54) is 5.56 Å². The summed E-state index contributed by atoms with van der Waals surface area (Å²) < 4.78 is 1.75. The first-order chi connectivity index (χ1) is 10.8. The second-order valence-electron chi connectivity index (χ2n) is 5.78. The fraction of sp³-hybridized carbons (Fsp3) is 0.235. The number of aromatic nitrogens is 3. The van der Waals surface area contributed by atoms with Crippen molar-refractivity contribution in [2.75, 3.05) is 6.54 Å². The van der Waals surface area contributed by atoms with Crippen molar-refractivity contribution in [2.24, 2.45) is 0 Å². The molecular weight excluding hydrogens is 276 g/mol. The highest BCUT2D eigenvalue weighted by molar-refractivity contribution is 5.92. The van der Waals surface area contributed by atoms with E-state index in [1.807, 2.05) is 30.5 Å². The summed E-state index contributed by atoms with van der Waals surface area (Å²) in [6, 6.07) is 12.2. The van der Waals surface area contributed by atoms with Crippen molar-refractivity contribution >= 4 is 11.7 Å². The van der Waals surface area contributed by atoms with Gasteiger partial charge in [0.05, 0.1) is 0 Å². The fourth-order valence-corrected chi connectivity index (χ4v) is 2.79. The second kappa shape index (κ2) is 4.94. The minimum absolute atomic E-state index is 0.105. The van der Waals surface area contributed by atoms with Crippen LogP contribution in [0.15, 0.2) is 55.0 Å². The Morgan fingerprint density at radius 2 is 2.05 bits per heavy atom. The molecule has 1 saturated carbocycles. The Bertz CT molecular complexity index is 788. The predicted molar refractivity (Wildman–Crippen MR) is 82.7 cm³/mol. The highest BCUT2D eigenvalue weighted by Crippen LogP contribution is 2.47. The van der Waals surface area contributed by atoms with Crippen molar-refractivity contribution in [2.45, 2.75) is 18.3 Å². The molecule has 2 aromatic heterocycles. The lowest BCUT2D eigenvalue weighted by Gasteiger charge is -2.16. The molecule has 1 aliphatic rings. The Kier molecular flexibility index (Phi) is 2.92. The van der Waals surface area contributed by atoms with E-state index in [2.05, 4.69) is 27.4 Å². The van der Waals surface area contributed by atoms with Gasteiger partial charge in [-0.25, -0.2) is 9.97 Å². The molecule has 1 aliphatic carbocycles. The molecule has 0 bridgehead atoms. The molecular formula is C17H16N4O. The van der Waals surface area contributed by atoms with Crippen LogP contribution in [0, 0.1) is 0 Å². The van der Waals surface area contributed by atoms with Gasteiger partial charge in [-0.15, -0.1) is 0 Å². The minimum Gasteiger partial charge on any atom is -0.350 e. The number of nitrogens with zero attached hydrogens (tertiary/aromatic N) is 3. The molecule has 0 unspecified atom stereocenters. The molecule has 2 heterocycles. The first-order valence-corrected chi connectivity index (χ1v) is 7.40. The number of hydrogen-bond acceptors (Lipinski definition) is 3. The van der Waals surface area contributed by atoms with Crippen molar-refractivity contribution in [1.82, 2.24) is 19.7 Å². The van der Waals surface area contributed by atoms with E-state index in [4.69, 9.17) is 0 Å². The number of rotatable bonds is 4. The van der Waals surface area contributed by atoms with Crippen LogP contribution < -0.4 is 5.32 Å². The van der Waals surface area contributed by atoms with E-state index in [-0.39, 0.29) is 11.3 Å². The van der Waals surface area contributed by atoms with E-state index in [9.17, 15) is 4.79 Å². The molecule has 4 rings (SSSR count). The van der Waals surface area contributed by atoms with Crippen LogP contribution in [-0.2, 0) is 5.41 Å². The summed E-state index contributed by atoms with van der Waals surface area (Å²) >= 11 is 0. The fourth-order valence-electron chi connectivity index (χ4n) is 2.79. The number of amides is 1. The van der Waals surface area contributed by atoms with Gasteiger partial charge in [-0.2, -0.15) is 0 Å². The molecule has 5 heteroatoms. The molecule has 0 saturated heterocycles. The third-order valence-corrected chi connectivity index (χ3v) is 4.30. The van der Waals surface area contributed by atoms with E-state index in [0.717, 1.165) is 12.8 Å². The molecule has 1 aromatic carbocycles. The summed E-state index contributed by atoms with van der Waals surface area (Å²) in [6.45, 7) is 0.650. The third-order valence-electron chi connectivity index (χ3n) is 4.30. The van der Waals surface area contributed by atoms with Crippen LogP contribution in [0.2, 0.25) is 0 Å². The van der Waals surface area contributed by atoms with Gasteiger partial charge in [-0.05, 0) is 24.5 Å². The largest absolute Gasteiger partial charge is 0.350 e. The highest BCUT2D eigenvalue weighted by Gasteiger charge is 2.44. The van der Waals surface area contributed by atoms with Crippen molar-refractivity contribution in [3.05, 3.63) is 66.2 Å².